The highest BCUT2D eigenvalue weighted by molar-refractivity contribution is 5.76. The fraction of sp³-hybridized carbons (Fsp3) is 0.917. The summed E-state index contributed by atoms with van der Waals surface area (Å²) < 4.78 is 9.96. The highest BCUT2D eigenvalue weighted by Gasteiger charge is 2.12. The molecule has 1 amide bonds. The van der Waals surface area contributed by atoms with E-state index in [4.69, 9.17) is 14.6 Å². The van der Waals surface area contributed by atoms with Crippen LogP contribution in [0.4, 0.5) is 0 Å². The van der Waals surface area contributed by atoms with Crippen molar-refractivity contribution in [1.29, 1.82) is 0 Å². The minimum atomic E-state index is 0.136. The first-order chi connectivity index (χ1) is 8.26. The number of carbonyl (C=O) groups excluding carboxylic acids is 1. The molecule has 0 saturated heterocycles. The maximum absolute atomic E-state index is 11.9. The van der Waals surface area contributed by atoms with Crippen LogP contribution in [-0.2, 0) is 14.3 Å². The molecule has 0 saturated carbocycles. The van der Waals surface area contributed by atoms with Crippen LogP contribution in [0.5, 0.6) is 0 Å². The SMILES string of the molecule is COCCN(CCOC)C(=O)CCCCCO. The molecule has 0 atom stereocenters. The molecule has 5 nitrogen and oxygen atoms in total. The van der Waals surface area contributed by atoms with Crippen LogP contribution in [0.15, 0.2) is 0 Å². The maximum Gasteiger partial charge on any atom is 0.222 e. The standard InChI is InChI=1S/C12H25NO4/c1-16-10-7-13(8-11-17-2)12(15)6-4-3-5-9-14/h14H,3-11H2,1-2H3. The number of aliphatic hydroxyl groups excluding tert-OH is 1. The van der Waals surface area contributed by atoms with Crippen molar-refractivity contribution in [1.82, 2.24) is 4.90 Å². The number of amides is 1. The van der Waals surface area contributed by atoms with E-state index in [0.29, 0.717) is 32.7 Å². The molecule has 0 aliphatic rings. The molecule has 0 spiro atoms. The van der Waals surface area contributed by atoms with E-state index in [1.54, 1.807) is 19.1 Å². The Kier molecular flexibility index (Phi) is 11.4. The van der Waals surface area contributed by atoms with Gasteiger partial charge in [-0.3, -0.25) is 4.79 Å². The molecule has 0 rings (SSSR count). The Morgan fingerprint density at radius 3 is 2.12 bits per heavy atom. The molecule has 1 N–H and O–H groups in total. The zero-order chi connectivity index (χ0) is 12.9. The topological polar surface area (TPSA) is 59.0 Å². The van der Waals surface area contributed by atoms with Crippen molar-refractivity contribution < 1.29 is 19.4 Å². The molecule has 17 heavy (non-hydrogen) atoms. The van der Waals surface area contributed by atoms with Crippen molar-refractivity contribution >= 4 is 5.91 Å². The normalized spacial score (nSPS) is 10.5. The second kappa shape index (κ2) is 11.8. The van der Waals surface area contributed by atoms with Gasteiger partial charge >= 0.3 is 0 Å². The molecule has 0 fully saturated rings. The predicted octanol–water partition coefficient (Wildman–Crippen LogP) is 0.660. The number of aliphatic hydroxyl groups is 1. The van der Waals surface area contributed by atoms with Crippen molar-refractivity contribution in [2.45, 2.75) is 25.7 Å². The van der Waals surface area contributed by atoms with Gasteiger partial charge in [0.2, 0.25) is 5.91 Å². The summed E-state index contributed by atoms with van der Waals surface area (Å²) in [6.45, 7) is 2.51. The molecule has 0 aromatic heterocycles. The molecule has 0 bridgehead atoms. The average Bonchev–Trinajstić information content (AvgIpc) is 2.34. The van der Waals surface area contributed by atoms with Crippen LogP contribution in [0.2, 0.25) is 0 Å². The predicted molar refractivity (Wildman–Crippen MR) is 65.9 cm³/mol. The molecular formula is C12H25NO4. The Hall–Kier alpha value is -0.650. The lowest BCUT2D eigenvalue weighted by atomic mass is 10.2. The van der Waals surface area contributed by atoms with Crippen LogP contribution >= 0.6 is 0 Å². The molecule has 0 aliphatic carbocycles. The Morgan fingerprint density at radius 2 is 1.65 bits per heavy atom. The monoisotopic (exact) mass is 247 g/mol. The maximum atomic E-state index is 11.9. The van der Waals surface area contributed by atoms with Gasteiger partial charge in [-0.15, -0.1) is 0 Å². The van der Waals surface area contributed by atoms with Gasteiger partial charge in [-0.2, -0.15) is 0 Å². The molecule has 0 unspecified atom stereocenters. The summed E-state index contributed by atoms with van der Waals surface area (Å²) >= 11 is 0. The molecule has 0 aromatic carbocycles. The van der Waals surface area contributed by atoms with Crippen molar-refractivity contribution in [2.75, 3.05) is 47.1 Å². The molecule has 0 radical (unpaired) electrons. The van der Waals surface area contributed by atoms with E-state index in [-0.39, 0.29) is 12.5 Å². The molecule has 0 aliphatic heterocycles. The Bertz CT molecular complexity index is 179. The van der Waals surface area contributed by atoms with Gasteiger partial charge in [0.25, 0.3) is 0 Å². The average molecular weight is 247 g/mol. The lowest BCUT2D eigenvalue weighted by molar-refractivity contribution is -0.132. The summed E-state index contributed by atoms with van der Waals surface area (Å²) in [7, 11) is 3.25. The first kappa shape index (κ1) is 16.4. The summed E-state index contributed by atoms with van der Waals surface area (Å²) in [5.41, 5.74) is 0. The largest absolute Gasteiger partial charge is 0.396 e. The van der Waals surface area contributed by atoms with E-state index in [2.05, 4.69) is 0 Å². The lowest BCUT2D eigenvalue weighted by Crippen LogP contribution is -2.36. The number of unbranched alkanes of at least 4 members (excludes halogenated alkanes) is 2. The van der Waals surface area contributed by atoms with Crippen LogP contribution in [0.1, 0.15) is 25.7 Å². The van der Waals surface area contributed by atoms with Gasteiger partial charge in [0, 0.05) is 40.3 Å². The summed E-state index contributed by atoms with van der Waals surface area (Å²) in [6, 6.07) is 0. The highest BCUT2D eigenvalue weighted by Crippen LogP contribution is 2.03. The third kappa shape index (κ3) is 9.09. The Balaban J connectivity index is 3.85. The number of hydrogen-bond donors (Lipinski definition) is 1. The summed E-state index contributed by atoms with van der Waals surface area (Å²) in [5, 5.41) is 8.64. The zero-order valence-electron chi connectivity index (χ0n) is 11.0. The van der Waals surface area contributed by atoms with Gasteiger partial charge in [0.1, 0.15) is 0 Å². The molecule has 102 valence electrons. The first-order valence-corrected chi connectivity index (χ1v) is 6.12. The van der Waals surface area contributed by atoms with Crippen LogP contribution < -0.4 is 0 Å². The summed E-state index contributed by atoms with van der Waals surface area (Å²) in [5.74, 6) is 0.136. The number of ether oxygens (including phenoxy) is 2. The number of nitrogens with zero attached hydrogens (tertiary/aromatic N) is 1. The third-order valence-electron chi connectivity index (χ3n) is 2.53. The van der Waals surface area contributed by atoms with Gasteiger partial charge in [0.15, 0.2) is 0 Å². The quantitative estimate of drug-likeness (QED) is 0.545. The third-order valence-corrected chi connectivity index (χ3v) is 2.53. The van der Waals surface area contributed by atoms with Gasteiger partial charge in [0.05, 0.1) is 13.2 Å². The number of carbonyl (C=O) groups is 1. The van der Waals surface area contributed by atoms with E-state index in [9.17, 15) is 4.79 Å². The van der Waals surface area contributed by atoms with Gasteiger partial charge in [-0.05, 0) is 12.8 Å². The molecule has 0 heterocycles. The smallest absolute Gasteiger partial charge is 0.222 e. The Labute approximate surface area is 104 Å². The fourth-order valence-corrected chi connectivity index (χ4v) is 1.49. The van der Waals surface area contributed by atoms with Crippen LogP contribution in [0.3, 0.4) is 0 Å². The minimum absolute atomic E-state index is 0.136. The number of methoxy groups -OCH3 is 2. The van der Waals surface area contributed by atoms with Crippen molar-refractivity contribution in [3.05, 3.63) is 0 Å². The molecular weight excluding hydrogens is 222 g/mol. The molecule has 0 aromatic rings. The van der Waals surface area contributed by atoms with E-state index >= 15 is 0 Å². The summed E-state index contributed by atoms with van der Waals surface area (Å²) in [4.78, 5) is 13.6. The van der Waals surface area contributed by atoms with Crippen LogP contribution in [0.25, 0.3) is 0 Å². The number of rotatable bonds is 11. The van der Waals surface area contributed by atoms with Gasteiger partial charge in [-0.1, -0.05) is 6.42 Å². The van der Waals surface area contributed by atoms with Crippen molar-refractivity contribution in [3.63, 3.8) is 0 Å². The van der Waals surface area contributed by atoms with Gasteiger partial charge in [-0.25, -0.2) is 0 Å². The Morgan fingerprint density at radius 1 is 1.06 bits per heavy atom. The van der Waals surface area contributed by atoms with E-state index in [1.807, 2.05) is 0 Å². The highest BCUT2D eigenvalue weighted by atomic mass is 16.5. The first-order valence-electron chi connectivity index (χ1n) is 6.12. The van der Waals surface area contributed by atoms with Gasteiger partial charge < -0.3 is 19.5 Å². The summed E-state index contributed by atoms with van der Waals surface area (Å²) in [6.07, 6.45) is 3.03. The van der Waals surface area contributed by atoms with Crippen LogP contribution in [-0.4, -0.2) is 63.0 Å². The lowest BCUT2D eigenvalue weighted by Gasteiger charge is -2.22. The second-order valence-electron chi connectivity index (χ2n) is 3.90. The fourth-order valence-electron chi connectivity index (χ4n) is 1.49. The van der Waals surface area contributed by atoms with Crippen molar-refractivity contribution in [2.24, 2.45) is 0 Å². The minimum Gasteiger partial charge on any atom is -0.396 e. The van der Waals surface area contributed by atoms with Crippen LogP contribution in [0, 0.1) is 0 Å². The number of hydrogen-bond acceptors (Lipinski definition) is 4. The second-order valence-corrected chi connectivity index (χ2v) is 3.90. The van der Waals surface area contributed by atoms with Crippen molar-refractivity contribution in [3.8, 4) is 0 Å². The van der Waals surface area contributed by atoms with E-state index in [1.165, 1.54) is 0 Å². The van der Waals surface area contributed by atoms with E-state index in [0.717, 1.165) is 19.3 Å². The molecule has 5 heteroatoms. The zero-order valence-corrected chi connectivity index (χ0v) is 11.0. The van der Waals surface area contributed by atoms with E-state index < -0.39 is 0 Å².